The van der Waals surface area contributed by atoms with Crippen LogP contribution in [0.1, 0.15) is 53.7 Å². The number of nitro benzene ring substituents is 1. The summed E-state index contributed by atoms with van der Waals surface area (Å²) < 4.78 is 7.36. The number of aromatic amines is 1. The van der Waals surface area contributed by atoms with Gasteiger partial charge in [0.1, 0.15) is 5.75 Å². The van der Waals surface area contributed by atoms with Crippen molar-refractivity contribution in [2.24, 2.45) is 11.8 Å². The minimum Gasteiger partial charge on any atom is -0.497 e. The molecule has 2 N–H and O–H groups in total. The van der Waals surface area contributed by atoms with E-state index in [1.165, 1.54) is 5.56 Å². The van der Waals surface area contributed by atoms with Crippen molar-refractivity contribution in [3.63, 3.8) is 0 Å². The average Bonchev–Trinajstić information content (AvgIpc) is 3.39. The number of anilines is 1. The van der Waals surface area contributed by atoms with Crippen LogP contribution in [0.5, 0.6) is 5.75 Å². The van der Waals surface area contributed by atoms with E-state index >= 15 is 0 Å². The van der Waals surface area contributed by atoms with Crippen molar-refractivity contribution in [2.75, 3.05) is 18.6 Å². The molecule has 2 aromatic heterocycles. The molecule has 0 radical (unpaired) electrons. The first-order valence-electron chi connectivity index (χ1n) is 15.1. The van der Waals surface area contributed by atoms with Gasteiger partial charge in [0.25, 0.3) is 11.2 Å². The highest BCUT2D eigenvalue weighted by atomic mass is 16.6. The Bertz CT molecular complexity index is 1860. The molecule has 8 rings (SSSR count). The van der Waals surface area contributed by atoms with E-state index in [2.05, 4.69) is 21.3 Å². The SMILES string of the molecule is COc1ccc2[nH]c3c(c2c1)CCCC3NC(=O)[C@@H]1Cc2cc([N+](=O)[O-])ccc2N2C[C@@H]3C[C@H](Cn4c3cccc4=O)[C@@H]12. The number of nitro groups is 1. The summed E-state index contributed by atoms with van der Waals surface area (Å²) in [6, 6.07) is 16.3. The lowest BCUT2D eigenvalue weighted by Gasteiger charge is -2.54. The van der Waals surface area contributed by atoms with Crippen LogP contribution in [0.25, 0.3) is 10.9 Å². The van der Waals surface area contributed by atoms with E-state index in [0.29, 0.717) is 19.5 Å². The number of carbonyl (C=O) groups is 1. The highest BCUT2D eigenvalue weighted by molar-refractivity contribution is 5.87. The topological polar surface area (TPSA) is 122 Å². The van der Waals surface area contributed by atoms with Crippen LogP contribution in [0.15, 0.2) is 59.4 Å². The first-order chi connectivity index (χ1) is 20.9. The Hall–Kier alpha value is -4.60. The number of aromatic nitrogens is 2. The number of fused-ring (bicyclic) bond motifs is 11. The zero-order valence-corrected chi connectivity index (χ0v) is 23.9. The number of nitrogens with zero attached hydrogens (tertiary/aromatic N) is 3. The second kappa shape index (κ2) is 9.72. The van der Waals surface area contributed by atoms with Gasteiger partial charge in [0.2, 0.25) is 5.91 Å². The molecule has 2 bridgehead atoms. The molecule has 10 heteroatoms. The summed E-state index contributed by atoms with van der Waals surface area (Å²) >= 11 is 0. The molecule has 4 aromatic rings. The lowest BCUT2D eigenvalue weighted by molar-refractivity contribution is -0.384. The van der Waals surface area contributed by atoms with Gasteiger partial charge in [0.05, 0.1) is 24.0 Å². The van der Waals surface area contributed by atoms with Gasteiger partial charge in [-0.2, -0.15) is 0 Å². The molecule has 0 saturated carbocycles. The Balaban J connectivity index is 1.17. The van der Waals surface area contributed by atoms with Gasteiger partial charge < -0.3 is 24.5 Å². The number of H-pyrrole nitrogens is 1. The van der Waals surface area contributed by atoms with E-state index in [1.807, 2.05) is 34.9 Å². The van der Waals surface area contributed by atoms with E-state index in [9.17, 15) is 19.7 Å². The Morgan fingerprint density at radius 1 is 1.14 bits per heavy atom. The zero-order valence-electron chi connectivity index (χ0n) is 23.9. The predicted molar refractivity (Wildman–Crippen MR) is 162 cm³/mol. The van der Waals surface area contributed by atoms with Crippen LogP contribution in [-0.4, -0.2) is 40.1 Å². The second-order valence-corrected chi connectivity index (χ2v) is 12.5. The molecule has 5 atom stereocenters. The fourth-order valence-corrected chi connectivity index (χ4v) is 8.44. The number of piperidine rings is 1. The molecule has 2 aromatic carbocycles. The molecular weight excluding hydrogens is 546 g/mol. The largest absolute Gasteiger partial charge is 0.497 e. The van der Waals surface area contributed by atoms with E-state index in [4.69, 9.17) is 4.74 Å². The van der Waals surface area contributed by atoms with Crippen molar-refractivity contribution < 1.29 is 14.5 Å². The maximum atomic E-state index is 14.4. The summed E-state index contributed by atoms with van der Waals surface area (Å²) in [4.78, 5) is 44.4. The number of amides is 1. The number of nitrogens with one attached hydrogen (secondary N) is 2. The van der Waals surface area contributed by atoms with Crippen LogP contribution < -0.4 is 20.5 Å². The summed E-state index contributed by atoms with van der Waals surface area (Å²) in [5, 5.41) is 16.2. The molecular formula is C33H33N5O5. The van der Waals surface area contributed by atoms with Crippen LogP contribution in [-0.2, 0) is 24.2 Å². The highest BCUT2D eigenvalue weighted by Gasteiger charge is 2.49. The highest BCUT2D eigenvalue weighted by Crippen LogP contribution is 2.48. The minimum absolute atomic E-state index is 0.00124. The summed E-state index contributed by atoms with van der Waals surface area (Å²) in [6.07, 6.45) is 4.06. The molecule has 0 spiro atoms. The summed E-state index contributed by atoms with van der Waals surface area (Å²) in [5.41, 5.74) is 6.16. The number of rotatable bonds is 4. The quantitative estimate of drug-likeness (QED) is 0.269. The Kier molecular flexibility index (Phi) is 5.89. The monoisotopic (exact) mass is 579 g/mol. The lowest BCUT2D eigenvalue weighted by atomic mass is 9.70. The molecule has 4 aliphatic rings. The molecule has 10 nitrogen and oxygen atoms in total. The van der Waals surface area contributed by atoms with Crippen LogP contribution in [0.3, 0.4) is 0 Å². The van der Waals surface area contributed by atoms with E-state index < -0.39 is 5.92 Å². The third-order valence-corrected chi connectivity index (χ3v) is 10.3. The van der Waals surface area contributed by atoms with Crippen LogP contribution in [0, 0.1) is 22.0 Å². The normalized spacial score (nSPS) is 25.2. The van der Waals surface area contributed by atoms with E-state index in [1.54, 1.807) is 25.3 Å². The third kappa shape index (κ3) is 4.06. The number of hydrogen-bond donors (Lipinski definition) is 2. The maximum absolute atomic E-state index is 14.4. The molecule has 3 aliphatic heterocycles. The number of methoxy groups -OCH3 is 1. The number of carbonyl (C=O) groups excluding carboxylic acids is 1. The van der Waals surface area contributed by atoms with Crippen molar-refractivity contribution in [1.29, 1.82) is 0 Å². The summed E-state index contributed by atoms with van der Waals surface area (Å²) in [6.45, 7) is 1.23. The number of hydrogen-bond acceptors (Lipinski definition) is 6. The smallest absolute Gasteiger partial charge is 0.269 e. The van der Waals surface area contributed by atoms with Crippen molar-refractivity contribution in [3.05, 3.63) is 97.6 Å². The Labute approximate surface area is 247 Å². The van der Waals surface area contributed by atoms with Crippen LogP contribution in [0.4, 0.5) is 11.4 Å². The van der Waals surface area contributed by atoms with Crippen LogP contribution in [0.2, 0.25) is 0 Å². The molecule has 5 heterocycles. The lowest BCUT2D eigenvalue weighted by Crippen LogP contribution is -2.61. The fourth-order valence-electron chi connectivity index (χ4n) is 8.44. The first-order valence-corrected chi connectivity index (χ1v) is 15.1. The number of aryl methyl sites for hydroxylation is 1. The predicted octanol–water partition coefficient (Wildman–Crippen LogP) is 4.60. The van der Waals surface area contributed by atoms with Crippen LogP contribution >= 0.6 is 0 Å². The van der Waals surface area contributed by atoms with E-state index in [0.717, 1.165) is 65.0 Å². The first kappa shape index (κ1) is 26.1. The second-order valence-electron chi connectivity index (χ2n) is 12.5. The van der Waals surface area contributed by atoms with Gasteiger partial charge in [-0.05, 0) is 79.5 Å². The van der Waals surface area contributed by atoms with Crippen molar-refractivity contribution >= 4 is 28.2 Å². The summed E-state index contributed by atoms with van der Waals surface area (Å²) in [5.74, 6) is 0.618. The maximum Gasteiger partial charge on any atom is 0.269 e. The third-order valence-electron chi connectivity index (χ3n) is 10.3. The number of ether oxygens (including phenoxy) is 1. The van der Waals surface area contributed by atoms with Gasteiger partial charge in [-0.1, -0.05) is 6.07 Å². The molecule has 43 heavy (non-hydrogen) atoms. The van der Waals surface area contributed by atoms with Gasteiger partial charge in [-0.15, -0.1) is 0 Å². The number of benzene rings is 2. The Morgan fingerprint density at radius 3 is 2.86 bits per heavy atom. The minimum atomic E-state index is -0.406. The van der Waals surface area contributed by atoms with Crippen molar-refractivity contribution in [3.8, 4) is 5.75 Å². The molecule has 220 valence electrons. The molecule has 1 unspecified atom stereocenters. The molecule has 1 saturated heterocycles. The summed E-state index contributed by atoms with van der Waals surface area (Å²) in [7, 11) is 1.66. The molecule has 1 amide bonds. The van der Waals surface area contributed by atoms with Gasteiger partial charge >= 0.3 is 0 Å². The number of pyridine rings is 1. The van der Waals surface area contributed by atoms with Crippen molar-refractivity contribution in [2.45, 2.75) is 56.7 Å². The van der Waals surface area contributed by atoms with Crippen molar-refractivity contribution in [1.82, 2.24) is 14.9 Å². The zero-order chi connectivity index (χ0) is 29.4. The number of non-ortho nitro benzene ring substituents is 1. The standard InChI is InChI=1S/C33H33N5O5/c1-43-22-9-10-26-24(15-22)23-4-2-5-27(31(23)34-26)35-33(40)25-14-18-13-21(38(41)42)8-11-29(18)37-16-19-12-20(32(25)37)17-36-28(19)6-3-7-30(36)39/h3,6-11,13,15,19-20,25,27,32,34H,2,4-5,12,14,16-17H2,1H3,(H,35,40)/t19-,20+,25+,27?,32-/m0/s1. The molecule has 1 fully saturated rings. The van der Waals surface area contributed by atoms with Gasteiger partial charge in [-0.3, -0.25) is 19.7 Å². The fraction of sp³-hybridized carbons (Fsp3) is 0.394. The van der Waals surface area contributed by atoms with E-state index in [-0.39, 0.29) is 46.0 Å². The van der Waals surface area contributed by atoms with Gasteiger partial charge in [0, 0.05) is 71.2 Å². The molecule has 1 aliphatic carbocycles. The van der Waals surface area contributed by atoms with Gasteiger partial charge in [0.15, 0.2) is 0 Å². The van der Waals surface area contributed by atoms with Gasteiger partial charge in [-0.25, -0.2) is 0 Å². The average molecular weight is 580 g/mol. The Morgan fingerprint density at radius 2 is 2.02 bits per heavy atom.